The molecular formula is C21H23N3O2. The van der Waals surface area contributed by atoms with E-state index in [0.717, 1.165) is 23.1 Å². The molecule has 0 bridgehead atoms. The quantitative estimate of drug-likeness (QED) is 0.680. The van der Waals surface area contributed by atoms with Crippen LogP contribution < -0.4 is 10.1 Å². The maximum absolute atomic E-state index is 12.2. The summed E-state index contributed by atoms with van der Waals surface area (Å²) in [5.74, 6) is 0.504. The molecule has 1 atom stereocenters. The molecule has 0 saturated carbocycles. The molecule has 0 unspecified atom stereocenters. The molecule has 3 rings (SSSR count). The number of H-pyrrole nitrogens is 1. The van der Waals surface area contributed by atoms with Crippen molar-refractivity contribution >= 4 is 5.91 Å². The average Bonchev–Trinajstić information content (AvgIpc) is 3.21. The van der Waals surface area contributed by atoms with E-state index >= 15 is 0 Å². The van der Waals surface area contributed by atoms with Gasteiger partial charge in [-0.25, -0.2) is 0 Å². The summed E-state index contributed by atoms with van der Waals surface area (Å²) in [5, 5.41) is 9.70. The third-order valence-electron chi connectivity index (χ3n) is 4.30. The predicted octanol–water partition coefficient (Wildman–Crippen LogP) is 3.90. The highest BCUT2D eigenvalue weighted by Gasteiger charge is 2.10. The molecule has 5 heteroatoms. The molecule has 2 aromatic carbocycles. The van der Waals surface area contributed by atoms with Gasteiger partial charge in [0.1, 0.15) is 5.75 Å². The van der Waals surface area contributed by atoms with E-state index in [9.17, 15) is 4.79 Å². The van der Waals surface area contributed by atoms with Gasteiger partial charge < -0.3 is 10.1 Å². The highest BCUT2D eigenvalue weighted by atomic mass is 16.5. The average molecular weight is 349 g/mol. The zero-order valence-corrected chi connectivity index (χ0v) is 15.0. The summed E-state index contributed by atoms with van der Waals surface area (Å²) in [5.41, 5.74) is 4.33. The van der Waals surface area contributed by atoms with Crippen LogP contribution in [0.25, 0.3) is 11.1 Å². The van der Waals surface area contributed by atoms with Crippen molar-refractivity contribution < 1.29 is 9.53 Å². The Hall–Kier alpha value is -3.08. The molecule has 0 spiro atoms. The molecule has 1 heterocycles. The molecule has 3 aromatic rings. The van der Waals surface area contributed by atoms with Crippen molar-refractivity contribution in [1.82, 2.24) is 15.5 Å². The molecule has 1 aromatic heterocycles. The first-order valence-electron chi connectivity index (χ1n) is 8.76. The number of ether oxygens (including phenoxy) is 1. The van der Waals surface area contributed by atoms with E-state index in [-0.39, 0.29) is 18.6 Å². The Bertz CT molecular complexity index is 842. The summed E-state index contributed by atoms with van der Waals surface area (Å²) in [4.78, 5) is 12.2. The molecule has 0 saturated heterocycles. The number of nitrogens with one attached hydrogen (secondary N) is 2. The van der Waals surface area contributed by atoms with Gasteiger partial charge in [-0.15, -0.1) is 0 Å². The van der Waals surface area contributed by atoms with Crippen LogP contribution in [0.3, 0.4) is 0 Å². The molecule has 0 fully saturated rings. The summed E-state index contributed by atoms with van der Waals surface area (Å²) < 4.78 is 5.64. The van der Waals surface area contributed by atoms with Gasteiger partial charge in [0.15, 0.2) is 6.61 Å². The van der Waals surface area contributed by atoms with Gasteiger partial charge in [-0.1, -0.05) is 43.3 Å². The number of carbonyl (C=O) groups is 1. The Morgan fingerprint density at radius 2 is 2.00 bits per heavy atom. The van der Waals surface area contributed by atoms with Crippen LogP contribution in [0.4, 0.5) is 0 Å². The number of rotatable bonds is 7. The lowest BCUT2D eigenvalue weighted by Gasteiger charge is -2.15. The van der Waals surface area contributed by atoms with Gasteiger partial charge in [0.25, 0.3) is 5.91 Å². The van der Waals surface area contributed by atoms with Crippen molar-refractivity contribution in [1.29, 1.82) is 0 Å². The maximum atomic E-state index is 12.2. The Labute approximate surface area is 153 Å². The van der Waals surface area contributed by atoms with Gasteiger partial charge in [-0.3, -0.25) is 9.89 Å². The molecule has 134 valence electrons. The number of aryl methyl sites for hydroxylation is 1. The van der Waals surface area contributed by atoms with E-state index in [1.54, 1.807) is 6.20 Å². The van der Waals surface area contributed by atoms with Gasteiger partial charge in [0, 0.05) is 11.8 Å². The van der Waals surface area contributed by atoms with E-state index in [4.69, 9.17) is 4.74 Å². The number of benzene rings is 2. The Morgan fingerprint density at radius 3 is 2.69 bits per heavy atom. The first-order chi connectivity index (χ1) is 12.7. The fraction of sp³-hybridized carbons (Fsp3) is 0.238. The summed E-state index contributed by atoms with van der Waals surface area (Å²) in [6, 6.07) is 15.8. The number of amides is 1. The van der Waals surface area contributed by atoms with Crippen LogP contribution in [0, 0.1) is 0 Å². The summed E-state index contributed by atoms with van der Waals surface area (Å²) >= 11 is 0. The van der Waals surface area contributed by atoms with Gasteiger partial charge in [-0.2, -0.15) is 5.10 Å². The lowest BCUT2D eigenvalue weighted by molar-refractivity contribution is -0.123. The minimum Gasteiger partial charge on any atom is -0.484 e. The Kier molecular flexibility index (Phi) is 5.69. The molecule has 2 N–H and O–H groups in total. The number of aromatic amines is 1. The fourth-order valence-electron chi connectivity index (χ4n) is 2.73. The smallest absolute Gasteiger partial charge is 0.258 e. The standard InChI is InChI=1S/C21H23N3O2/c1-3-16-7-9-17(10-8-16)15(2)24-21(25)14-26-20-6-4-5-18(11-20)19-12-22-23-13-19/h4-13,15H,3,14H2,1-2H3,(H,22,23)(H,24,25)/t15-/m1/s1. The SMILES string of the molecule is CCc1ccc([C@@H](C)NC(=O)COc2cccc(-c3cn[nH]c3)c2)cc1. The normalized spacial score (nSPS) is 11.8. The molecule has 5 nitrogen and oxygen atoms in total. The van der Waals surface area contributed by atoms with Crippen LogP contribution in [0.5, 0.6) is 5.75 Å². The first-order valence-corrected chi connectivity index (χ1v) is 8.76. The van der Waals surface area contributed by atoms with E-state index in [1.807, 2.05) is 37.4 Å². The third-order valence-corrected chi connectivity index (χ3v) is 4.30. The summed E-state index contributed by atoms with van der Waals surface area (Å²) in [7, 11) is 0. The van der Waals surface area contributed by atoms with Crippen LogP contribution >= 0.6 is 0 Å². The highest BCUT2D eigenvalue weighted by Crippen LogP contribution is 2.22. The van der Waals surface area contributed by atoms with Crippen LogP contribution in [-0.4, -0.2) is 22.7 Å². The molecule has 0 aliphatic rings. The van der Waals surface area contributed by atoms with Crippen molar-refractivity contribution in [3.63, 3.8) is 0 Å². The number of hydrogen-bond acceptors (Lipinski definition) is 3. The van der Waals surface area contributed by atoms with E-state index in [0.29, 0.717) is 5.75 Å². The van der Waals surface area contributed by atoms with Gasteiger partial charge in [0.2, 0.25) is 0 Å². The van der Waals surface area contributed by atoms with Crippen LogP contribution in [0.15, 0.2) is 60.9 Å². The second kappa shape index (κ2) is 8.34. The number of nitrogens with zero attached hydrogens (tertiary/aromatic N) is 1. The summed E-state index contributed by atoms with van der Waals surface area (Å²) in [6.07, 6.45) is 4.57. The lowest BCUT2D eigenvalue weighted by atomic mass is 10.1. The molecule has 26 heavy (non-hydrogen) atoms. The highest BCUT2D eigenvalue weighted by molar-refractivity contribution is 5.78. The second-order valence-corrected chi connectivity index (χ2v) is 6.19. The van der Waals surface area contributed by atoms with Crippen molar-refractivity contribution in [2.75, 3.05) is 6.61 Å². The zero-order chi connectivity index (χ0) is 18.4. The molecule has 1 amide bonds. The van der Waals surface area contributed by atoms with E-state index < -0.39 is 0 Å². The molecular weight excluding hydrogens is 326 g/mol. The predicted molar refractivity (Wildman–Crippen MR) is 102 cm³/mol. The Morgan fingerprint density at radius 1 is 1.19 bits per heavy atom. The summed E-state index contributed by atoms with van der Waals surface area (Å²) in [6.45, 7) is 4.07. The van der Waals surface area contributed by atoms with Gasteiger partial charge in [-0.05, 0) is 42.2 Å². The van der Waals surface area contributed by atoms with E-state index in [1.165, 1.54) is 5.56 Å². The maximum Gasteiger partial charge on any atom is 0.258 e. The lowest BCUT2D eigenvalue weighted by Crippen LogP contribution is -2.31. The van der Waals surface area contributed by atoms with Crippen molar-refractivity contribution in [3.05, 3.63) is 72.1 Å². The Balaban J connectivity index is 1.54. The molecule has 0 aliphatic carbocycles. The van der Waals surface area contributed by atoms with Crippen LogP contribution in [0.1, 0.15) is 31.0 Å². The zero-order valence-electron chi connectivity index (χ0n) is 15.0. The topological polar surface area (TPSA) is 67.0 Å². The van der Waals surface area contributed by atoms with Crippen LogP contribution in [0.2, 0.25) is 0 Å². The minimum atomic E-state index is -0.147. The van der Waals surface area contributed by atoms with Crippen LogP contribution in [-0.2, 0) is 11.2 Å². The van der Waals surface area contributed by atoms with Gasteiger partial charge in [0.05, 0.1) is 12.2 Å². The van der Waals surface area contributed by atoms with E-state index in [2.05, 4.69) is 46.7 Å². The first kappa shape index (κ1) is 17.7. The van der Waals surface area contributed by atoms with Gasteiger partial charge >= 0.3 is 0 Å². The van der Waals surface area contributed by atoms with Crippen molar-refractivity contribution in [3.8, 4) is 16.9 Å². The second-order valence-electron chi connectivity index (χ2n) is 6.19. The largest absolute Gasteiger partial charge is 0.484 e. The van der Waals surface area contributed by atoms with Crippen molar-refractivity contribution in [2.45, 2.75) is 26.3 Å². The third kappa shape index (κ3) is 4.51. The number of aromatic nitrogens is 2. The number of carbonyl (C=O) groups excluding carboxylic acids is 1. The molecule has 0 aliphatic heterocycles. The monoisotopic (exact) mass is 349 g/mol. The van der Waals surface area contributed by atoms with Crippen molar-refractivity contribution in [2.24, 2.45) is 0 Å². The molecule has 0 radical (unpaired) electrons. The fourth-order valence-corrected chi connectivity index (χ4v) is 2.73. The number of hydrogen-bond donors (Lipinski definition) is 2. The minimum absolute atomic E-state index is 0.0216.